The van der Waals surface area contributed by atoms with Gasteiger partial charge in [0.1, 0.15) is 0 Å². The Morgan fingerprint density at radius 1 is 0.970 bits per heavy atom. The van der Waals surface area contributed by atoms with Crippen molar-refractivity contribution in [3.05, 3.63) is 76.7 Å². The molecule has 2 aromatic carbocycles. The molecule has 0 atom stereocenters. The molecule has 10 heteroatoms. The van der Waals surface area contributed by atoms with Gasteiger partial charge in [-0.25, -0.2) is 13.1 Å². The fourth-order valence-corrected chi connectivity index (χ4v) is 4.27. The van der Waals surface area contributed by atoms with Crippen molar-refractivity contribution < 1.29 is 26.4 Å². The van der Waals surface area contributed by atoms with E-state index in [0.717, 1.165) is 28.7 Å². The maximum atomic E-state index is 12.7. The van der Waals surface area contributed by atoms with Gasteiger partial charge in [0.05, 0.1) is 5.56 Å². The molecule has 0 aromatic heterocycles. The third-order valence-electron chi connectivity index (χ3n) is 5.29. The van der Waals surface area contributed by atoms with Crippen molar-refractivity contribution in [3.8, 4) is 0 Å². The Morgan fingerprint density at radius 3 is 2.21 bits per heavy atom. The summed E-state index contributed by atoms with van der Waals surface area (Å²) in [5, 5.41) is 1.08. The summed E-state index contributed by atoms with van der Waals surface area (Å²) in [7, 11) is -3.64. The minimum absolute atomic E-state index is 0.00602. The minimum Gasteiger partial charge on any atom is -0.340 e. The Kier molecular flexibility index (Phi) is 8.28. The molecule has 0 bridgehead atoms. The summed E-state index contributed by atoms with van der Waals surface area (Å²) in [4.78, 5) is 16.2. The molecule has 0 spiro atoms. The molecule has 6 nitrogen and oxygen atoms in total. The lowest BCUT2D eigenvalue weighted by molar-refractivity contribution is -0.137. The first-order chi connectivity index (χ1) is 15.6. The lowest BCUT2D eigenvalue weighted by Crippen LogP contribution is -2.48. The zero-order valence-corrected chi connectivity index (χ0v) is 18.8. The van der Waals surface area contributed by atoms with Crippen LogP contribution in [0.25, 0.3) is 6.08 Å². The number of sulfonamides is 1. The predicted octanol–water partition coefficient (Wildman–Crippen LogP) is 3.33. The van der Waals surface area contributed by atoms with E-state index >= 15 is 0 Å². The first-order valence-corrected chi connectivity index (χ1v) is 12.1. The highest BCUT2D eigenvalue weighted by Crippen LogP contribution is 2.29. The summed E-state index contributed by atoms with van der Waals surface area (Å²) in [6.07, 6.45) is -2.81. The normalized spacial score (nSPS) is 15.8. The lowest BCUT2D eigenvalue weighted by Gasteiger charge is -2.34. The molecular weight excluding hydrogens is 455 g/mol. The van der Waals surface area contributed by atoms with E-state index in [0.29, 0.717) is 32.7 Å². The maximum absolute atomic E-state index is 12.7. The van der Waals surface area contributed by atoms with Crippen LogP contribution >= 0.6 is 0 Å². The van der Waals surface area contributed by atoms with Crippen molar-refractivity contribution in [3.63, 3.8) is 0 Å². The van der Waals surface area contributed by atoms with Crippen molar-refractivity contribution in [2.75, 3.05) is 32.7 Å². The van der Waals surface area contributed by atoms with Gasteiger partial charge >= 0.3 is 6.18 Å². The van der Waals surface area contributed by atoms with Gasteiger partial charge in [-0.3, -0.25) is 9.69 Å². The molecule has 2 aromatic rings. The summed E-state index contributed by atoms with van der Waals surface area (Å²) in [5.74, 6) is -0.140. The molecule has 0 saturated carbocycles. The standard InChI is InChI=1S/C23H26F3N3O3S/c24-23(25,26)21-8-6-20(7-9-21)18-28-13-15-29(16-14-28)22(30)10-12-27-33(31,32)17-11-19-4-2-1-3-5-19/h1-9,11,17,27H,10,12-16,18H2/b17-11+. The van der Waals surface area contributed by atoms with E-state index in [-0.39, 0.29) is 18.9 Å². The number of amides is 1. The van der Waals surface area contributed by atoms with E-state index in [9.17, 15) is 26.4 Å². The number of hydrogen-bond acceptors (Lipinski definition) is 4. The number of carbonyl (C=O) groups is 1. The molecule has 1 aliphatic rings. The minimum atomic E-state index is -4.35. The summed E-state index contributed by atoms with van der Waals surface area (Å²) in [5.41, 5.74) is 0.863. The van der Waals surface area contributed by atoms with Crippen LogP contribution in [0, 0.1) is 0 Å². The summed E-state index contributed by atoms with van der Waals surface area (Å²) >= 11 is 0. The molecule has 1 heterocycles. The van der Waals surface area contributed by atoms with Crippen molar-refractivity contribution in [1.29, 1.82) is 0 Å². The highest BCUT2D eigenvalue weighted by Gasteiger charge is 2.30. The Bertz CT molecular complexity index is 1050. The van der Waals surface area contributed by atoms with Crippen molar-refractivity contribution in [2.45, 2.75) is 19.1 Å². The molecule has 178 valence electrons. The number of halogens is 3. The van der Waals surface area contributed by atoms with E-state index in [1.807, 2.05) is 18.2 Å². The van der Waals surface area contributed by atoms with Gasteiger partial charge in [0, 0.05) is 51.1 Å². The quantitative estimate of drug-likeness (QED) is 0.628. The number of carbonyl (C=O) groups excluding carboxylic acids is 1. The number of alkyl halides is 3. The second-order valence-corrected chi connectivity index (χ2v) is 9.41. The molecule has 3 rings (SSSR count). The number of hydrogen-bond donors (Lipinski definition) is 1. The van der Waals surface area contributed by atoms with E-state index in [1.165, 1.54) is 18.2 Å². The first kappa shape index (κ1) is 24.9. The fourth-order valence-electron chi connectivity index (χ4n) is 3.45. The van der Waals surface area contributed by atoms with Crippen LogP contribution in [0.4, 0.5) is 13.2 Å². The molecule has 0 aliphatic carbocycles. The third kappa shape index (κ3) is 7.99. The number of nitrogens with zero attached hydrogens (tertiary/aromatic N) is 2. The van der Waals surface area contributed by atoms with E-state index < -0.39 is 21.8 Å². The van der Waals surface area contributed by atoms with Gasteiger partial charge in [-0.2, -0.15) is 13.2 Å². The van der Waals surface area contributed by atoms with Crippen LogP contribution in [0.1, 0.15) is 23.1 Å². The predicted molar refractivity (Wildman–Crippen MR) is 120 cm³/mol. The van der Waals surface area contributed by atoms with Crippen LogP contribution < -0.4 is 4.72 Å². The largest absolute Gasteiger partial charge is 0.416 e. The SMILES string of the molecule is O=C(CCNS(=O)(=O)/C=C/c1ccccc1)N1CCN(Cc2ccc(C(F)(F)F)cc2)CC1. The lowest BCUT2D eigenvalue weighted by atomic mass is 10.1. The van der Waals surface area contributed by atoms with Gasteiger partial charge in [-0.05, 0) is 29.3 Å². The second kappa shape index (κ2) is 11.0. The van der Waals surface area contributed by atoms with Crippen LogP contribution in [-0.4, -0.2) is 56.8 Å². The summed E-state index contributed by atoms with van der Waals surface area (Å²) in [6, 6.07) is 14.1. The Morgan fingerprint density at radius 2 is 1.61 bits per heavy atom. The highest BCUT2D eigenvalue weighted by atomic mass is 32.2. The molecule has 1 fully saturated rings. The number of benzene rings is 2. The molecule has 1 aliphatic heterocycles. The maximum Gasteiger partial charge on any atom is 0.416 e. The topological polar surface area (TPSA) is 69.7 Å². The zero-order chi connectivity index (χ0) is 23.9. The van der Waals surface area contributed by atoms with Crippen molar-refractivity contribution in [1.82, 2.24) is 14.5 Å². The monoisotopic (exact) mass is 481 g/mol. The second-order valence-electron chi connectivity index (χ2n) is 7.75. The average Bonchev–Trinajstić information content (AvgIpc) is 2.78. The number of piperazine rings is 1. The summed E-state index contributed by atoms with van der Waals surface area (Å²) < 4.78 is 64.5. The van der Waals surface area contributed by atoms with Crippen LogP contribution in [0.5, 0.6) is 0 Å². The van der Waals surface area contributed by atoms with Gasteiger partial charge in [0.15, 0.2) is 0 Å². The molecular formula is C23H26F3N3O3S. The molecule has 0 unspecified atom stereocenters. The Balaban J connectivity index is 1.39. The summed E-state index contributed by atoms with van der Waals surface area (Å²) in [6.45, 7) is 2.68. The molecule has 0 radical (unpaired) electrons. The van der Waals surface area contributed by atoms with Crippen molar-refractivity contribution >= 4 is 22.0 Å². The smallest absolute Gasteiger partial charge is 0.340 e. The Labute approximate surface area is 191 Å². The van der Waals surface area contributed by atoms with Gasteiger partial charge in [0.2, 0.25) is 15.9 Å². The third-order valence-corrected chi connectivity index (χ3v) is 6.39. The van der Waals surface area contributed by atoms with E-state index in [1.54, 1.807) is 17.0 Å². The van der Waals surface area contributed by atoms with Crippen LogP contribution in [0.15, 0.2) is 60.0 Å². The highest BCUT2D eigenvalue weighted by molar-refractivity contribution is 7.92. The van der Waals surface area contributed by atoms with Gasteiger partial charge in [0.25, 0.3) is 0 Å². The molecule has 33 heavy (non-hydrogen) atoms. The van der Waals surface area contributed by atoms with Gasteiger partial charge in [-0.1, -0.05) is 42.5 Å². The molecule has 1 saturated heterocycles. The van der Waals surface area contributed by atoms with E-state index in [4.69, 9.17) is 0 Å². The first-order valence-electron chi connectivity index (χ1n) is 10.5. The van der Waals surface area contributed by atoms with Crippen LogP contribution in [0.2, 0.25) is 0 Å². The zero-order valence-electron chi connectivity index (χ0n) is 18.0. The number of nitrogens with one attached hydrogen (secondary N) is 1. The average molecular weight is 482 g/mol. The van der Waals surface area contributed by atoms with Crippen molar-refractivity contribution in [2.24, 2.45) is 0 Å². The van der Waals surface area contributed by atoms with Gasteiger partial charge < -0.3 is 4.90 Å². The van der Waals surface area contributed by atoms with Gasteiger partial charge in [-0.15, -0.1) is 0 Å². The Hall–Kier alpha value is -2.69. The molecule has 1 N–H and O–H groups in total. The number of rotatable bonds is 8. The fraction of sp³-hybridized carbons (Fsp3) is 0.348. The van der Waals surface area contributed by atoms with Crippen LogP contribution in [-0.2, 0) is 27.5 Å². The van der Waals surface area contributed by atoms with E-state index in [2.05, 4.69) is 9.62 Å². The molecule has 1 amide bonds. The van der Waals surface area contributed by atoms with Crippen LogP contribution in [0.3, 0.4) is 0 Å².